The number of carbonyl (C=O) groups is 1. The smallest absolute Gasteiger partial charge is 0.246 e. The third kappa shape index (κ3) is 3.56. The van der Waals surface area contributed by atoms with Gasteiger partial charge in [0.1, 0.15) is 0 Å². The second-order valence-corrected chi connectivity index (χ2v) is 3.43. The molecule has 0 saturated carbocycles. The van der Waals surface area contributed by atoms with E-state index in [4.69, 9.17) is 0 Å². The van der Waals surface area contributed by atoms with Crippen LogP contribution < -0.4 is 5.32 Å². The first-order valence-corrected chi connectivity index (χ1v) is 4.45. The lowest BCUT2D eigenvalue weighted by Crippen LogP contribution is -2.37. The van der Waals surface area contributed by atoms with Crippen molar-refractivity contribution in [1.82, 2.24) is 5.32 Å². The van der Waals surface area contributed by atoms with Crippen molar-refractivity contribution >= 4 is 5.91 Å². The van der Waals surface area contributed by atoms with Gasteiger partial charge in [-0.15, -0.1) is 0 Å². The van der Waals surface area contributed by atoms with Gasteiger partial charge in [-0.25, -0.2) is 0 Å². The lowest BCUT2D eigenvalue weighted by molar-refractivity contribution is -0.118. The van der Waals surface area contributed by atoms with Gasteiger partial charge in [0.25, 0.3) is 0 Å². The van der Waals surface area contributed by atoms with Crippen LogP contribution in [-0.4, -0.2) is 11.9 Å². The van der Waals surface area contributed by atoms with Crippen LogP contribution >= 0.6 is 0 Å². The highest BCUT2D eigenvalue weighted by Crippen LogP contribution is 2.06. The molecule has 2 unspecified atom stereocenters. The predicted molar refractivity (Wildman–Crippen MR) is 51.9 cm³/mol. The summed E-state index contributed by atoms with van der Waals surface area (Å²) in [7, 11) is 0. The molecule has 1 amide bonds. The zero-order valence-corrected chi connectivity index (χ0v) is 8.48. The maximum absolute atomic E-state index is 11.2. The number of amides is 1. The number of rotatable bonds is 4. The van der Waals surface area contributed by atoms with Crippen molar-refractivity contribution in [3.8, 4) is 0 Å². The molecular formula is C10H19NO. The fraction of sp³-hybridized carbons (Fsp3) is 0.700. The van der Waals surface area contributed by atoms with Crippen LogP contribution in [0.1, 0.15) is 34.1 Å². The van der Waals surface area contributed by atoms with Gasteiger partial charge in [0.05, 0.1) is 0 Å². The first-order chi connectivity index (χ1) is 5.49. The van der Waals surface area contributed by atoms with Gasteiger partial charge >= 0.3 is 0 Å². The van der Waals surface area contributed by atoms with Gasteiger partial charge in [0, 0.05) is 11.6 Å². The fourth-order valence-electron chi connectivity index (χ4n) is 0.826. The number of carbonyl (C=O) groups excluding carboxylic acids is 1. The molecule has 2 nitrogen and oxygen atoms in total. The van der Waals surface area contributed by atoms with E-state index < -0.39 is 0 Å². The molecule has 0 spiro atoms. The van der Waals surface area contributed by atoms with Crippen molar-refractivity contribution in [3.05, 3.63) is 12.2 Å². The Morgan fingerprint density at radius 2 is 2.00 bits per heavy atom. The molecule has 0 rings (SSSR count). The van der Waals surface area contributed by atoms with Crippen molar-refractivity contribution in [1.29, 1.82) is 0 Å². The molecule has 0 aliphatic rings. The Hall–Kier alpha value is -0.790. The van der Waals surface area contributed by atoms with Gasteiger partial charge in [-0.1, -0.05) is 26.8 Å². The van der Waals surface area contributed by atoms with E-state index in [-0.39, 0.29) is 11.9 Å². The number of nitrogens with one attached hydrogen (secondary N) is 1. The van der Waals surface area contributed by atoms with Gasteiger partial charge in [-0.2, -0.15) is 0 Å². The van der Waals surface area contributed by atoms with E-state index in [1.54, 1.807) is 6.92 Å². The van der Waals surface area contributed by atoms with Crippen molar-refractivity contribution in [2.24, 2.45) is 5.92 Å². The molecule has 0 bridgehead atoms. The highest BCUT2D eigenvalue weighted by molar-refractivity contribution is 5.92. The van der Waals surface area contributed by atoms with Crippen LogP contribution in [-0.2, 0) is 4.79 Å². The maximum atomic E-state index is 11.2. The first-order valence-electron chi connectivity index (χ1n) is 4.45. The van der Waals surface area contributed by atoms with E-state index >= 15 is 0 Å². The molecule has 0 aromatic rings. The molecule has 0 aromatic heterocycles. The predicted octanol–water partition coefficient (Wildman–Crippen LogP) is 2.11. The van der Waals surface area contributed by atoms with Crippen LogP contribution in [0, 0.1) is 5.92 Å². The van der Waals surface area contributed by atoms with E-state index in [0.29, 0.717) is 11.5 Å². The molecule has 12 heavy (non-hydrogen) atoms. The molecule has 0 fully saturated rings. The van der Waals surface area contributed by atoms with Crippen LogP contribution in [0.5, 0.6) is 0 Å². The second-order valence-electron chi connectivity index (χ2n) is 3.43. The molecule has 0 heterocycles. The zero-order valence-electron chi connectivity index (χ0n) is 8.48. The maximum Gasteiger partial charge on any atom is 0.246 e. The summed E-state index contributed by atoms with van der Waals surface area (Å²) in [6.07, 6.45) is 1.08. The van der Waals surface area contributed by atoms with E-state index in [1.807, 2.05) is 6.92 Å². The van der Waals surface area contributed by atoms with E-state index in [1.165, 1.54) is 0 Å². The van der Waals surface area contributed by atoms with Gasteiger partial charge in [-0.05, 0) is 19.8 Å². The van der Waals surface area contributed by atoms with Gasteiger partial charge in [0.15, 0.2) is 0 Å². The molecule has 2 heteroatoms. The van der Waals surface area contributed by atoms with Crippen LogP contribution in [0.2, 0.25) is 0 Å². The highest BCUT2D eigenvalue weighted by Gasteiger charge is 2.12. The lowest BCUT2D eigenvalue weighted by Gasteiger charge is -2.19. The largest absolute Gasteiger partial charge is 0.350 e. The zero-order chi connectivity index (χ0) is 9.72. The fourth-order valence-corrected chi connectivity index (χ4v) is 0.826. The van der Waals surface area contributed by atoms with Gasteiger partial charge < -0.3 is 5.32 Å². The molecule has 0 saturated heterocycles. The van der Waals surface area contributed by atoms with Crippen LogP contribution in [0.15, 0.2) is 12.2 Å². The van der Waals surface area contributed by atoms with E-state index in [2.05, 4.69) is 25.7 Å². The lowest BCUT2D eigenvalue weighted by atomic mass is 10.0. The van der Waals surface area contributed by atoms with Crippen molar-refractivity contribution in [3.63, 3.8) is 0 Å². The van der Waals surface area contributed by atoms with Crippen LogP contribution in [0.4, 0.5) is 0 Å². The molecule has 1 N–H and O–H groups in total. The summed E-state index contributed by atoms with van der Waals surface area (Å²) in [6, 6.07) is 0.235. The summed E-state index contributed by atoms with van der Waals surface area (Å²) in [5.41, 5.74) is 0.574. The third-order valence-corrected chi connectivity index (χ3v) is 2.24. The average molecular weight is 169 g/mol. The molecule has 0 radical (unpaired) electrons. The van der Waals surface area contributed by atoms with E-state index in [9.17, 15) is 4.79 Å². The third-order valence-electron chi connectivity index (χ3n) is 2.24. The summed E-state index contributed by atoms with van der Waals surface area (Å²) >= 11 is 0. The minimum absolute atomic E-state index is 0.0391. The summed E-state index contributed by atoms with van der Waals surface area (Å²) in [5.74, 6) is 0.482. The van der Waals surface area contributed by atoms with Crippen LogP contribution in [0.3, 0.4) is 0 Å². The number of hydrogen-bond donors (Lipinski definition) is 1. The highest BCUT2D eigenvalue weighted by atomic mass is 16.1. The van der Waals surface area contributed by atoms with Crippen molar-refractivity contribution < 1.29 is 4.79 Å². The second kappa shape index (κ2) is 4.96. The molecule has 2 atom stereocenters. The van der Waals surface area contributed by atoms with Gasteiger partial charge in [0.2, 0.25) is 5.91 Å². The Morgan fingerprint density at radius 3 is 2.33 bits per heavy atom. The Morgan fingerprint density at radius 1 is 1.50 bits per heavy atom. The number of hydrogen-bond acceptors (Lipinski definition) is 1. The Labute approximate surface area is 75.0 Å². The Balaban J connectivity index is 3.92. The SMILES string of the molecule is C=C(C)C(=O)NC(C)C(C)CC. The normalized spacial score (nSPS) is 15.0. The molecule has 70 valence electrons. The minimum atomic E-state index is -0.0391. The monoisotopic (exact) mass is 169 g/mol. The Kier molecular flexibility index (Phi) is 4.64. The quantitative estimate of drug-likeness (QED) is 0.642. The summed E-state index contributed by atoms with van der Waals surface area (Å²) in [5, 5.41) is 2.89. The Bertz CT molecular complexity index is 175. The van der Waals surface area contributed by atoms with Crippen molar-refractivity contribution in [2.45, 2.75) is 40.2 Å². The first kappa shape index (κ1) is 11.2. The topological polar surface area (TPSA) is 29.1 Å². The van der Waals surface area contributed by atoms with E-state index in [0.717, 1.165) is 6.42 Å². The standard InChI is InChI=1S/C10H19NO/c1-6-8(4)9(5)11-10(12)7(2)3/h8-9H,2,6H2,1,3-5H3,(H,11,12). The average Bonchev–Trinajstić information content (AvgIpc) is 2.02. The van der Waals surface area contributed by atoms with Crippen molar-refractivity contribution in [2.75, 3.05) is 0 Å². The molecule has 0 aliphatic heterocycles. The molecule has 0 aromatic carbocycles. The van der Waals surface area contributed by atoms with Crippen LogP contribution in [0.25, 0.3) is 0 Å². The van der Waals surface area contributed by atoms with Gasteiger partial charge in [-0.3, -0.25) is 4.79 Å². The summed E-state index contributed by atoms with van der Waals surface area (Å²) < 4.78 is 0. The molecular weight excluding hydrogens is 150 g/mol. The summed E-state index contributed by atoms with van der Waals surface area (Å²) in [6.45, 7) is 11.6. The minimum Gasteiger partial charge on any atom is -0.350 e. The molecule has 0 aliphatic carbocycles. The summed E-state index contributed by atoms with van der Waals surface area (Å²) in [4.78, 5) is 11.2.